The van der Waals surface area contributed by atoms with Crippen molar-refractivity contribution in [3.63, 3.8) is 0 Å². The molecule has 0 aliphatic rings. The van der Waals surface area contributed by atoms with Gasteiger partial charge < -0.3 is 0 Å². The molecule has 0 saturated heterocycles. The second kappa shape index (κ2) is 5.83. The molecule has 0 fully saturated rings. The van der Waals surface area contributed by atoms with Crippen LogP contribution in [0.1, 0.15) is 13.8 Å². The molecule has 0 N–H and O–H groups in total. The van der Waals surface area contributed by atoms with Gasteiger partial charge in [0.25, 0.3) is 0 Å². The van der Waals surface area contributed by atoms with E-state index in [4.69, 9.17) is 0 Å². The van der Waals surface area contributed by atoms with E-state index in [1.807, 2.05) is 0 Å². The topological polar surface area (TPSA) is 0 Å². The summed E-state index contributed by atoms with van der Waals surface area (Å²) in [6, 6.07) is 0. The van der Waals surface area contributed by atoms with E-state index in [-0.39, 0.29) is 0 Å². The lowest BCUT2D eigenvalue weighted by atomic mass is 9.49. The summed E-state index contributed by atoms with van der Waals surface area (Å²) in [7, 11) is 0. The molecule has 0 radical (unpaired) electrons. The summed E-state index contributed by atoms with van der Waals surface area (Å²) in [4.78, 5) is 0. The van der Waals surface area contributed by atoms with Crippen LogP contribution in [0.25, 0.3) is 0 Å². The molecule has 12 heteroatoms. The van der Waals surface area contributed by atoms with E-state index in [1.54, 1.807) is 0 Å². The van der Waals surface area contributed by atoms with Gasteiger partial charge >= 0.3 is 24.7 Å². The first-order valence-electron chi connectivity index (χ1n) is 6.16. The summed E-state index contributed by atoms with van der Waals surface area (Å²) >= 11 is 0. The van der Waals surface area contributed by atoms with Crippen molar-refractivity contribution in [3.8, 4) is 0 Å². The van der Waals surface area contributed by atoms with Crippen molar-refractivity contribution < 1.29 is 52.7 Å². The molecule has 0 aromatic heterocycles. The van der Waals surface area contributed by atoms with Crippen molar-refractivity contribution in [3.05, 3.63) is 25.3 Å². The van der Waals surface area contributed by atoms with Crippen LogP contribution in [0, 0.1) is 16.2 Å². The van der Waals surface area contributed by atoms with Crippen LogP contribution in [0.3, 0.4) is 0 Å². The fraction of sp³-hybridized carbons (Fsp3) is 0.692. The molecule has 0 saturated carbocycles. The Labute approximate surface area is 134 Å². The molecular weight excluding hydrogens is 384 g/mol. The van der Waals surface area contributed by atoms with Gasteiger partial charge in [0.05, 0.1) is 0 Å². The van der Waals surface area contributed by atoms with Crippen molar-refractivity contribution >= 4 is 0 Å². The second-order valence-electron chi connectivity index (χ2n) is 5.55. The summed E-state index contributed by atoms with van der Waals surface area (Å²) in [5.41, 5.74) is -16.5. The maximum absolute atomic E-state index is 13.5. The Morgan fingerprint density at radius 1 is 0.480 bits per heavy atom. The average molecular weight is 396 g/mol. The Bertz CT molecular complexity index is 469. The third-order valence-electron chi connectivity index (χ3n) is 4.40. The Kier molecular flexibility index (Phi) is 5.51. The predicted octanol–water partition coefficient (Wildman–Crippen LogP) is 6.61. The molecule has 0 rings (SSSR count). The summed E-state index contributed by atoms with van der Waals surface area (Å²) in [5, 5.41) is 0. The number of hydrogen-bond acceptors (Lipinski definition) is 0. The van der Waals surface area contributed by atoms with Crippen molar-refractivity contribution in [1.82, 2.24) is 0 Å². The fourth-order valence-electron chi connectivity index (χ4n) is 2.84. The first kappa shape index (κ1) is 23.6. The number of allylic oxidation sites excluding steroid dienone is 2. The normalized spacial score (nSPS) is 19.8. The minimum absolute atomic E-state index is 0.630. The van der Waals surface area contributed by atoms with Crippen LogP contribution in [-0.4, -0.2) is 24.7 Å². The molecule has 0 aromatic rings. The van der Waals surface area contributed by atoms with E-state index in [9.17, 15) is 52.7 Å². The molecule has 0 aliphatic heterocycles. The highest BCUT2D eigenvalue weighted by Crippen LogP contribution is 2.75. The molecule has 2 atom stereocenters. The zero-order valence-corrected chi connectivity index (χ0v) is 12.6. The number of hydrogen-bond donors (Lipinski definition) is 0. The lowest BCUT2D eigenvalue weighted by Gasteiger charge is -2.56. The van der Waals surface area contributed by atoms with Gasteiger partial charge in [-0.2, -0.15) is 52.7 Å². The minimum Gasteiger partial charge on any atom is -0.170 e. The zero-order chi connectivity index (χ0) is 20.9. The van der Waals surface area contributed by atoms with Crippen LogP contribution in [0.2, 0.25) is 0 Å². The lowest BCUT2D eigenvalue weighted by Crippen LogP contribution is -2.73. The van der Waals surface area contributed by atoms with Crippen molar-refractivity contribution in [2.45, 2.75) is 38.6 Å². The lowest BCUT2D eigenvalue weighted by molar-refractivity contribution is -0.457. The van der Waals surface area contributed by atoms with E-state index in [1.165, 1.54) is 0 Å². The minimum atomic E-state index is -7.03. The quantitative estimate of drug-likeness (QED) is 0.371. The maximum atomic E-state index is 13.5. The molecule has 25 heavy (non-hydrogen) atoms. The van der Waals surface area contributed by atoms with Gasteiger partial charge in [-0.15, -0.1) is 13.2 Å². The highest BCUT2D eigenvalue weighted by molar-refractivity contribution is 5.25. The molecule has 0 nitrogen and oxygen atoms in total. The maximum Gasteiger partial charge on any atom is 0.405 e. The van der Waals surface area contributed by atoms with Crippen LogP contribution < -0.4 is 0 Å². The van der Waals surface area contributed by atoms with Crippen LogP contribution in [0.4, 0.5) is 52.7 Å². The molecular formula is C13H12F12. The van der Waals surface area contributed by atoms with Crippen LogP contribution in [0.15, 0.2) is 25.3 Å². The SMILES string of the molecule is C=CC(C)(C(F)(F)F)C(C(F)(F)F)(C(F)(F)F)C(C)(C=C)C(F)(F)F. The van der Waals surface area contributed by atoms with Gasteiger partial charge in [-0.25, -0.2) is 0 Å². The van der Waals surface area contributed by atoms with Gasteiger partial charge in [-0.1, -0.05) is 12.2 Å². The number of alkyl halides is 12. The highest BCUT2D eigenvalue weighted by atomic mass is 19.4. The molecule has 0 amide bonds. The van der Waals surface area contributed by atoms with Gasteiger partial charge in [0, 0.05) is 0 Å². The molecule has 0 heterocycles. The average Bonchev–Trinajstić information content (AvgIpc) is 2.32. The van der Waals surface area contributed by atoms with E-state index in [2.05, 4.69) is 13.2 Å². The van der Waals surface area contributed by atoms with Gasteiger partial charge in [0.2, 0.25) is 0 Å². The van der Waals surface area contributed by atoms with Crippen molar-refractivity contribution in [2.24, 2.45) is 16.2 Å². The molecule has 148 valence electrons. The van der Waals surface area contributed by atoms with E-state index < -0.39 is 66.9 Å². The Morgan fingerprint density at radius 2 is 0.680 bits per heavy atom. The summed E-state index contributed by atoms with van der Waals surface area (Å²) in [6.07, 6.45) is -28.4. The Morgan fingerprint density at radius 3 is 0.760 bits per heavy atom. The monoisotopic (exact) mass is 396 g/mol. The first-order valence-corrected chi connectivity index (χ1v) is 6.16. The smallest absolute Gasteiger partial charge is 0.170 e. The van der Waals surface area contributed by atoms with Gasteiger partial charge in [0.15, 0.2) is 5.41 Å². The highest BCUT2D eigenvalue weighted by Gasteiger charge is 2.91. The van der Waals surface area contributed by atoms with E-state index >= 15 is 0 Å². The fourth-order valence-corrected chi connectivity index (χ4v) is 2.84. The van der Waals surface area contributed by atoms with Crippen LogP contribution >= 0.6 is 0 Å². The summed E-state index contributed by atoms with van der Waals surface area (Å²) in [5.74, 6) is 0. The zero-order valence-electron chi connectivity index (χ0n) is 12.6. The Balaban J connectivity index is 7.78. The van der Waals surface area contributed by atoms with Gasteiger partial charge in [0.1, 0.15) is 10.8 Å². The second-order valence-corrected chi connectivity index (χ2v) is 5.55. The summed E-state index contributed by atoms with van der Waals surface area (Å²) < 4.78 is 160. The number of rotatable bonds is 4. The van der Waals surface area contributed by atoms with E-state index in [0.29, 0.717) is 0 Å². The van der Waals surface area contributed by atoms with E-state index in [0.717, 1.165) is 0 Å². The van der Waals surface area contributed by atoms with Crippen molar-refractivity contribution in [1.29, 1.82) is 0 Å². The van der Waals surface area contributed by atoms with Gasteiger partial charge in [-0.05, 0) is 13.8 Å². The molecule has 0 aromatic carbocycles. The molecule has 2 unspecified atom stereocenters. The number of halogens is 12. The Hall–Kier alpha value is -1.36. The van der Waals surface area contributed by atoms with Crippen molar-refractivity contribution in [2.75, 3.05) is 0 Å². The standard InChI is InChI=1S/C13H12F12/c1-5-7(3,10(14,15)16)9(12(20,21)22,13(23,24)25)8(4,6-2)11(17,18)19/h5-6H,1-2H2,3-4H3. The van der Waals surface area contributed by atoms with Gasteiger partial charge in [-0.3, -0.25) is 0 Å². The summed E-state index contributed by atoms with van der Waals surface area (Å²) in [6.45, 7) is 3.34. The largest absolute Gasteiger partial charge is 0.405 e. The third kappa shape index (κ3) is 2.80. The third-order valence-corrected chi connectivity index (χ3v) is 4.40. The molecule has 0 aliphatic carbocycles. The molecule has 0 spiro atoms. The first-order chi connectivity index (χ1) is 10.6. The van der Waals surface area contributed by atoms with Crippen LogP contribution in [-0.2, 0) is 0 Å². The molecule has 0 bridgehead atoms. The predicted molar refractivity (Wildman–Crippen MR) is 63.3 cm³/mol. The van der Waals surface area contributed by atoms with Crippen LogP contribution in [0.5, 0.6) is 0 Å².